The Hall–Kier alpha value is -3.86. The predicted octanol–water partition coefficient (Wildman–Crippen LogP) is 7.32. The maximum Gasteiger partial charge on any atom is 0.412 e. The quantitative estimate of drug-likeness (QED) is 0.232. The van der Waals surface area contributed by atoms with Crippen molar-refractivity contribution >= 4 is 55.0 Å². The van der Waals surface area contributed by atoms with Crippen LogP contribution >= 0.6 is 22.9 Å². The number of halogens is 4. The number of aromatic nitrogens is 2. The first-order valence-electron chi connectivity index (χ1n) is 13.9. The number of thiophene rings is 1. The summed E-state index contributed by atoms with van der Waals surface area (Å²) < 4.78 is 56.7. The number of hydrogen-bond acceptors (Lipinski definition) is 9. The Morgan fingerprint density at radius 1 is 1.34 bits per heavy atom. The first kappa shape index (κ1) is 30.2. The van der Waals surface area contributed by atoms with Gasteiger partial charge in [0.1, 0.15) is 40.8 Å². The lowest BCUT2D eigenvalue weighted by atomic mass is 9.95. The molecule has 0 saturated carbocycles. The summed E-state index contributed by atoms with van der Waals surface area (Å²) in [6.07, 6.45) is 0.0966. The second-order valence-corrected chi connectivity index (χ2v) is 13.4. The zero-order valence-electron chi connectivity index (χ0n) is 23.9. The maximum absolute atomic E-state index is 16.4. The van der Waals surface area contributed by atoms with Crippen LogP contribution in [0.15, 0.2) is 18.2 Å². The number of ether oxygens (including phenoxy) is 2. The van der Waals surface area contributed by atoms with Crippen LogP contribution in [0.5, 0.6) is 11.9 Å². The minimum atomic E-state index is -0.977. The molecule has 9 nitrogen and oxygen atoms in total. The third-order valence-corrected chi connectivity index (χ3v) is 9.27. The summed E-state index contributed by atoms with van der Waals surface area (Å²) >= 11 is 7.33. The second-order valence-electron chi connectivity index (χ2n) is 12.0. The lowest BCUT2D eigenvalue weighted by Crippen LogP contribution is -2.43. The maximum atomic E-state index is 16.4. The number of anilines is 1. The monoisotopic (exact) mass is 645 g/mol. The largest absolute Gasteiger partial charge is 0.493 e. The van der Waals surface area contributed by atoms with E-state index < -0.39 is 40.9 Å². The molecule has 0 aliphatic carbocycles. The standard InChI is InChI=1S/C30H27ClF3N5O4S/c1-29(2,3)43-28(41)38-26-17(11-35)20-15(5-6-19(33)24(20)44-26)21-18(31)9-16-23(22(21)34)36-27(37-25(16)40)42-13-30-7-4-8-39(30)12-14(32)10-30/h5-6,9,14H,4,7-8,10,12-13H2,1-3H3,(H,38,41)(H,36,37,40)/t14-,30+/m1/s1. The fourth-order valence-corrected chi connectivity index (χ4v) is 7.45. The summed E-state index contributed by atoms with van der Waals surface area (Å²) in [5.41, 5.74) is -1.92. The van der Waals surface area contributed by atoms with E-state index in [1.165, 1.54) is 12.1 Å². The van der Waals surface area contributed by atoms with Gasteiger partial charge in [0.05, 0.1) is 26.2 Å². The normalized spacial score (nSPS) is 20.2. The van der Waals surface area contributed by atoms with Crippen LogP contribution in [0.3, 0.4) is 0 Å². The topological polar surface area (TPSA) is 121 Å². The molecule has 0 radical (unpaired) electrons. The van der Waals surface area contributed by atoms with Gasteiger partial charge in [-0.25, -0.2) is 18.0 Å². The van der Waals surface area contributed by atoms with Crippen molar-refractivity contribution in [3.8, 4) is 29.1 Å². The highest BCUT2D eigenvalue weighted by atomic mass is 35.5. The van der Waals surface area contributed by atoms with Crippen LogP contribution in [0.1, 0.15) is 45.6 Å². The smallest absolute Gasteiger partial charge is 0.412 e. The van der Waals surface area contributed by atoms with E-state index in [-0.39, 0.29) is 60.3 Å². The number of hydrogen-bond donors (Lipinski definition) is 2. The summed E-state index contributed by atoms with van der Waals surface area (Å²) in [7, 11) is 0. The molecule has 2 aromatic heterocycles. The molecule has 2 atom stereocenters. The zero-order valence-corrected chi connectivity index (χ0v) is 25.5. The van der Waals surface area contributed by atoms with Crippen LogP contribution in [-0.2, 0) is 4.74 Å². The summed E-state index contributed by atoms with van der Waals surface area (Å²) in [4.78, 5) is 22.7. The van der Waals surface area contributed by atoms with Gasteiger partial charge in [-0.15, -0.1) is 11.3 Å². The predicted molar refractivity (Wildman–Crippen MR) is 160 cm³/mol. The van der Waals surface area contributed by atoms with E-state index in [2.05, 4.69) is 15.3 Å². The minimum absolute atomic E-state index is 0.0128. The number of fused-ring (bicyclic) bond motifs is 3. The highest BCUT2D eigenvalue weighted by Gasteiger charge is 2.49. The van der Waals surface area contributed by atoms with Crippen molar-refractivity contribution in [3.05, 3.63) is 40.4 Å². The summed E-state index contributed by atoms with van der Waals surface area (Å²) in [6.45, 7) is 6.13. The van der Waals surface area contributed by atoms with Gasteiger partial charge >= 0.3 is 12.1 Å². The van der Waals surface area contributed by atoms with Gasteiger partial charge in [0.25, 0.3) is 0 Å². The fourth-order valence-electron chi connectivity index (χ4n) is 6.09. The van der Waals surface area contributed by atoms with E-state index >= 15 is 8.78 Å². The number of nitrogens with zero attached hydrogens (tertiary/aromatic N) is 4. The molecule has 44 heavy (non-hydrogen) atoms. The number of benzene rings is 2. The number of rotatable bonds is 5. The van der Waals surface area contributed by atoms with Crippen molar-refractivity contribution in [2.24, 2.45) is 0 Å². The molecule has 230 valence electrons. The zero-order chi connectivity index (χ0) is 31.6. The lowest BCUT2D eigenvalue weighted by Gasteiger charge is -2.30. The summed E-state index contributed by atoms with van der Waals surface area (Å²) in [5, 5.41) is 23.0. The first-order chi connectivity index (χ1) is 20.8. The third-order valence-electron chi connectivity index (χ3n) is 7.86. The second kappa shape index (κ2) is 10.9. The molecule has 14 heteroatoms. The van der Waals surface area contributed by atoms with Gasteiger partial charge in [-0.2, -0.15) is 15.2 Å². The van der Waals surface area contributed by atoms with E-state index in [9.17, 15) is 19.6 Å². The Kier molecular flexibility index (Phi) is 7.50. The first-order valence-corrected chi connectivity index (χ1v) is 15.1. The fraction of sp³-hybridized carbons (Fsp3) is 0.400. The van der Waals surface area contributed by atoms with E-state index in [1.807, 2.05) is 11.0 Å². The number of amides is 1. The van der Waals surface area contributed by atoms with Gasteiger partial charge in [-0.3, -0.25) is 10.2 Å². The van der Waals surface area contributed by atoms with Gasteiger partial charge in [0.2, 0.25) is 5.88 Å². The average molecular weight is 646 g/mol. The minimum Gasteiger partial charge on any atom is -0.493 e. The molecule has 0 unspecified atom stereocenters. The van der Waals surface area contributed by atoms with Gasteiger partial charge in [0.15, 0.2) is 5.82 Å². The van der Waals surface area contributed by atoms with E-state index in [0.29, 0.717) is 13.0 Å². The van der Waals surface area contributed by atoms with Crippen LogP contribution < -0.4 is 10.1 Å². The Morgan fingerprint density at radius 2 is 2.11 bits per heavy atom. The molecule has 2 N–H and O–H groups in total. The molecule has 6 rings (SSSR count). The van der Waals surface area contributed by atoms with Crippen molar-refractivity contribution in [1.82, 2.24) is 14.9 Å². The number of aromatic hydroxyl groups is 1. The van der Waals surface area contributed by atoms with Crippen molar-refractivity contribution in [2.45, 2.75) is 57.3 Å². The van der Waals surface area contributed by atoms with E-state index in [0.717, 1.165) is 36.8 Å². The van der Waals surface area contributed by atoms with Crippen LogP contribution in [0, 0.1) is 23.0 Å². The number of alkyl halides is 1. The third kappa shape index (κ3) is 5.25. The molecule has 0 spiro atoms. The highest BCUT2D eigenvalue weighted by molar-refractivity contribution is 7.23. The van der Waals surface area contributed by atoms with Crippen molar-refractivity contribution in [3.63, 3.8) is 0 Å². The van der Waals surface area contributed by atoms with Gasteiger partial charge in [-0.1, -0.05) is 17.7 Å². The molecule has 4 aromatic rings. The molecular formula is C30H27ClF3N5O4S. The molecule has 0 bridgehead atoms. The number of nitriles is 1. The Balaban J connectivity index is 1.43. The number of nitrogens with one attached hydrogen (secondary N) is 1. The van der Waals surface area contributed by atoms with Crippen molar-refractivity contribution in [2.75, 3.05) is 25.0 Å². The molecular weight excluding hydrogens is 619 g/mol. The molecule has 2 fully saturated rings. The average Bonchev–Trinajstić information content (AvgIpc) is 3.58. The molecule has 2 saturated heterocycles. The Bertz CT molecular complexity index is 1870. The van der Waals surface area contributed by atoms with Gasteiger partial charge in [0, 0.05) is 23.9 Å². The van der Waals surface area contributed by atoms with E-state index in [4.69, 9.17) is 21.1 Å². The molecule has 1 amide bonds. The Labute approximate surface area is 259 Å². The SMILES string of the molecule is CC(C)(C)OC(=O)Nc1sc2c(F)ccc(-c3c(Cl)cc4c(O)nc(OC[C@@]56CCCN5C[C@H](F)C6)nc4c3F)c2c1C#N. The van der Waals surface area contributed by atoms with Gasteiger partial charge in [-0.05, 0) is 57.9 Å². The molecule has 2 aliphatic heterocycles. The van der Waals surface area contributed by atoms with Crippen molar-refractivity contribution in [1.29, 1.82) is 5.26 Å². The van der Waals surface area contributed by atoms with Crippen LogP contribution in [0.4, 0.5) is 23.0 Å². The van der Waals surface area contributed by atoms with Crippen LogP contribution in [0.25, 0.3) is 32.1 Å². The summed E-state index contributed by atoms with van der Waals surface area (Å²) in [5.74, 6) is -2.24. The van der Waals surface area contributed by atoms with Crippen LogP contribution in [-0.4, -0.2) is 63.1 Å². The van der Waals surface area contributed by atoms with Crippen LogP contribution in [0.2, 0.25) is 5.02 Å². The molecule has 2 aliphatic rings. The number of carbonyl (C=O) groups excluding carboxylic acids is 1. The summed E-state index contributed by atoms with van der Waals surface area (Å²) in [6, 6.07) is 5.32. The molecule has 4 heterocycles. The Morgan fingerprint density at radius 3 is 2.84 bits per heavy atom. The highest BCUT2D eigenvalue weighted by Crippen LogP contribution is 2.46. The van der Waals surface area contributed by atoms with Crippen molar-refractivity contribution < 1.29 is 32.5 Å². The lowest BCUT2D eigenvalue weighted by molar-refractivity contribution is 0.0636. The van der Waals surface area contributed by atoms with E-state index in [1.54, 1.807) is 20.8 Å². The number of carbonyl (C=O) groups is 1. The molecule has 2 aromatic carbocycles. The van der Waals surface area contributed by atoms with Gasteiger partial charge < -0.3 is 14.6 Å².